The molecule has 10 heteroatoms. The molecule has 1 aliphatic heterocycles. The van der Waals surface area contributed by atoms with Gasteiger partial charge in [-0.2, -0.15) is 13.2 Å². The Kier molecular flexibility index (Phi) is 6.84. The number of nitrogens with zero attached hydrogens (tertiary/aromatic N) is 2. The summed E-state index contributed by atoms with van der Waals surface area (Å²) in [5.41, 5.74) is 4.80. The molecule has 0 bridgehead atoms. The molecular formula is C18H18ClF4N3O2. The Morgan fingerprint density at radius 3 is 2.64 bits per heavy atom. The maximum Gasteiger partial charge on any atom is 0.433 e. The highest BCUT2D eigenvalue weighted by Crippen LogP contribution is 2.31. The summed E-state index contributed by atoms with van der Waals surface area (Å²) in [6.45, 7) is 0.235. The number of ether oxygens (including phenoxy) is 1. The van der Waals surface area contributed by atoms with Gasteiger partial charge < -0.3 is 15.4 Å². The van der Waals surface area contributed by atoms with Crippen molar-refractivity contribution in [2.45, 2.75) is 25.3 Å². The van der Waals surface area contributed by atoms with Crippen molar-refractivity contribution in [3.05, 3.63) is 53.2 Å². The van der Waals surface area contributed by atoms with E-state index in [2.05, 4.69) is 4.98 Å². The average molecular weight is 420 g/mol. The fourth-order valence-corrected chi connectivity index (χ4v) is 2.77. The average Bonchev–Trinajstić information content (AvgIpc) is 3.06. The monoisotopic (exact) mass is 419 g/mol. The van der Waals surface area contributed by atoms with Gasteiger partial charge in [-0.25, -0.2) is 9.37 Å². The largest absolute Gasteiger partial charge is 0.439 e. The summed E-state index contributed by atoms with van der Waals surface area (Å²) in [6, 6.07) is 8.10. The second-order valence-electron chi connectivity index (χ2n) is 6.17. The molecule has 0 saturated carbocycles. The highest BCUT2D eigenvalue weighted by molar-refractivity contribution is 5.94. The lowest BCUT2D eigenvalue weighted by Gasteiger charge is -2.16. The first-order chi connectivity index (χ1) is 12.8. The lowest BCUT2D eigenvalue weighted by molar-refractivity contribution is -0.141. The van der Waals surface area contributed by atoms with Crippen LogP contribution in [-0.4, -0.2) is 35.1 Å². The highest BCUT2D eigenvalue weighted by atomic mass is 35.5. The van der Waals surface area contributed by atoms with Crippen molar-refractivity contribution < 1.29 is 27.1 Å². The van der Waals surface area contributed by atoms with Crippen molar-refractivity contribution in [2.24, 2.45) is 5.73 Å². The summed E-state index contributed by atoms with van der Waals surface area (Å²) < 4.78 is 57.6. The van der Waals surface area contributed by atoms with E-state index in [-0.39, 0.29) is 60.6 Å². The number of nitrogens with two attached hydrogens (primary N) is 1. The molecule has 2 heterocycles. The van der Waals surface area contributed by atoms with Crippen LogP contribution in [0.1, 0.15) is 28.0 Å². The summed E-state index contributed by atoms with van der Waals surface area (Å²) in [5, 5.41) is 0. The molecule has 0 unspecified atom stereocenters. The second-order valence-corrected chi connectivity index (χ2v) is 6.17. The Labute approximate surface area is 164 Å². The van der Waals surface area contributed by atoms with Crippen LogP contribution in [0, 0.1) is 0 Å². The fourth-order valence-electron chi connectivity index (χ4n) is 2.77. The molecule has 1 fully saturated rings. The summed E-state index contributed by atoms with van der Waals surface area (Å²) in [6.07, 6.45) is -5.39. The molecule has 0 spiro atoms. The molecule has 1 aromatic heterocycles. The van der Waals surface area contributed by atoms with Gasteiger partial charge in [0.2, 0.25) is 5.88 Å². The first-order valence-corrected chi connectivity index (χ1v) is 8.26. The number of hydrogen-bond donors (Lipinski definition) is 1. The lowest BCUT2D eigenvalue weighted by atomic mass is 10.2. The molecular weight excluding hydrogens is 402 g/mol. The zero-order valence-electron chi connectivity index (χ0n) is 14.6. The van der Waals surface area contributed by atoms with Crippen LogP contribution < -0.4 is 10.5 Å². The zero-order valence-corrected chi connectivity index (χ0v) is 15.4. The number of hydrogen-bond acceptors (Lipinski definition) is 4. The number of aromatic nitrogens is 1. The van der Waals surface area contributed by atoms with Gasteiger partial charge in [-0.15, -0.1) is 12.4 Å². The van der Waals surface area contributed by atoms with Gasteiger partial charge in [0, 0.05) is 24.7 Å². The first-order valence-electron chi connectivity index (χ1n) is 8.26. The van der Waals surface area contributed by atoms with Crippen molar-refractivity contribution in [3.63, 3.8) is 0 Å². The van der Waals surface area contributed by atoms with Crippen molar-refractivity contribution >= 4 is 18.3 Å². The van der Waals surface area contributed by atoms with Gasteiger partial charge in [0.05, 0.1) is 6.54 Å². The van der Waals surface area contributed by atoms with Crippen LogP contribution in [0.4, 0.5) is 17.6 Å². The van der Waals surface area contributed by atoms with Crippen LogP contribution in [0.3, 0.4) is 0 Å². The number of carbonyl (C=O) groups excluding carboxylic acids is 1. The predicted molar refractivity (Wildman–Crippen MR) is 96.3 cm³/mol. The van der Waals surface area contributed by atoms with E-state index >= 15 is 0 Å². The van der Waals surface area contributed by atoms with Crippen LogP contribution in [0.15, 0.2) is 36.4 Å². The second kappa shape index (κ2) is 8.74. The van der Waals surface area contributed by atoms with Gasteiger partial charge in [0.1, 0.15) is 17.6 Å². The molecule has 0 radical (unpaired) electrons. The summed E-state index contributed by atoms with van der Waals surface area (Å²) in [5.74, 6) is -0.494. The third-order valence-electron chi connectivity index (χ3n) is 4.11. The standard InChI is InChI=1S/C18H17F4N3O2.ClH/c19-13-4-5-25(10-13)17(26)12-2-1-3-14(8-12)27-16-7-11(9-23)6-15(24-16)18(20,21)22;/h1-3,6-8,13H,4-5,9-10,23H2;1H/t13-;/m1./s1. The number of pyridine rings is 1. The maximum absolute atomic E-state index is 13.3. The van der Waals surface area contributed by atoms with Crippen LogP contribution >= 0.6 is 12.4 Å². The summed E-state index contributed by atoms with van der Waals surface area (Å²) in [4.78, 5) is 17.3. The van der Waals surface area contributed by atoms with E-state index < -0.39 is 18.0 Å². The quantitative estimate of drug-likeness (QED) is 0.762. The molecule has 1 amide bonds. The normalized spacial score (nSPS) is 16.6. The maximum atomic E-state index is 13.3. The van der Waals surface area contributed by atoms with E-state index in [1.807, 2.05) is 0 Å². The van der Waals surface area contributed by atoms with E-state index in [1.165, 1.54) is 35.2 Å². The van der Waals surface area contributed by atoms with Gasteiger partial charge in [-0.3, -0.25) is 4.79 Å². The SMILES string of the molecule is Cl.NCc1cc(Oc2cccc(C(=O)N3CC[C@@H](F)C3)c2)nc(C(F)(F)F)c1. The topological polar surface area (TPSA) is 68.5 Å². The van der Waals surface area contributed by atoms with Crippen LogP contribution in [0.5, 0.6) is 11.6 Å². The van der Waals surface area contributed by atoms with Crippen LogP contribution in [-0.2, 0) is 12.7 Å². The molecule has 2 N–H and O–H groups in total. The Morgan fingerprint density at radius 1 is 1.29 bits per heavy atom. The molecule has 152 valence electrons. The number of halogens is 5. The predicted octanol–water partition coefficient (Wildman–Crippen LogP) is 3.96. The fraction of sp³-hybridized carbons (Fsp3) is 0.333. The molecule has 1 saturated heterocycles. The minimum atomic E-state index is -4.64. The number of carbonyl (C=O) groups is 1. The van der Waals surface area contributed by atoms with E-state index in [0.29, 0.717) is 6.54 Å². The Balaban J connectivity index is 0.00000280. The van der Waals surface area contributed by atoms with Crippen LogP contribution in [0.2, 0.25) is 0 Å². The summed E-state index contributed by atoms with van der Waals surface area (Å²) in [7, 11) is 0. The lowest BCUT2D eigenvalue weighted by Crippen LogP contribution is -2.28. The van der Waals surface area contributed by atoms with Crippen molar-refractivity contribution in [3.8, 4) is 11.6 Å². The smallest absolute Gasteiger partial charge is 0.433 e. The van der Waals surface area contributed by atoms with Gasteiger partial charge in [-0.05, 0) is 36.2 Å². The Bertz CT molecular complexity index is 848. The minimum absolute atomic E-state index is 0. The number of alkyl halides is 4. The summed E-state index contributed by atoms with van der Waals surface area (Å²) >= 11 is 0. The van der Waals surface area contributed by atoms with E-state index in [4.69, 9.17) is 10.5 Å². The van der Waals surface area contributed by atoms with Gasteiger partial charge in [0.25, 0.3) is 5.91 Å². The number of benzene rings is 1. The molecule has 28 heavy (non-hydrogen) atoms. The van der Waals surface area contributed by atoms with E-state index in [9.17, 15) is 22.4 Å². The highest BCUT2D eigenvalue weighted by Gasteiger charge is 2.33. The number of amides is 1. The third kappa shape index (κ3) is 5.11. The number of rotatable bonds is 4. The first kappa shape index (κ1) is 21.9. The zero-order chi connectivity index (χ0) is 19.6. The molecule has 1 aromatic carbocycles. The molecule has 0 aliphatic carbocycles. The van der Waals surface area contributed by atoms with Crippen molar-refractivity contribution in [1.82, 2.24) is 9.88 Å². The molecule has 5 nitrogen and oxygen atoms in total. The molecule has 2 aromatic rings. The molecule has 1 atom stereocenters. The van der Waals surface area contributed by atoms with E-state index in [0.717, 1.165) is 6.07 Å². The van der Waals surface area contributed by atoms with Gasteiger partial charge in [0.15, 0.2) is 0 Å². The van der Waals surface area contributed by atoms with Gasteiger partial charge in [-0.1, -0.05) is 6.07 Å². The number of likely N-dealkylation sites (tertiary alicyclic amines) is 1. The van der Waals surface area contributed by atoms with E-state index in [1.54, 1.807) is 0 Å². The minimum Gasteiger partial charge on any atom is -0.439 e. The Morgan fingerprint density at radius 2 is 2.04 bits per heavy atom. The third-order valence-corrected chi connectivity index (χ3v) is 4.11. The van der Waals surface area contributed by atoms with Crippen molar-refractivity contribution in [2.75, 3.05) is 13.1 Å². The van der Waals surface area contributed by atoms with Gasteiger partial charge >= 0.3 is 6.18 Å². The molecule has 3 rings (SSSR count). The van der Waals surface area contributed by atoms with Crippen LogP contribution in [0.25, 0.3) is 0 Å². The Hall–Kier alpha value is -2.39. The molecule has 1 aliphatic rings. The van der Waals surface area contributed by atoms with Crippen molar-refractivity contribution in [1.29, 1.82) is 0 Å².